The van der Waals surface area contributed by atoms with E-state index in [0.717, 1.165) is 48.8 Å². The van der Waals surface area contributed by atoms with Gasteiger partial charge in [-0.25, -0.2) is 4.98 Å². The van der Waals surface area contributed by atoms with Gasteiger partial charge in [0.15, 0.2) is 6.23 Å². The molecule has 7 nitrogen and oxygen atoms in total. The Hall–Kier alpha value is -1.61. The first kappa shape index (κ1) is 18.7. The number of nitrogens with zero attached hydrogens (tertiary/aromatic N) is 4. The predicted octanol–water partition coefficient (Wildman–Crippen LogP) is 1.79. The number of anilines is 2. The second-order valence-electron chi connectivity index (χ2n) is 7.41. The first-order valence-electron chi connectivity index (χ1n) is 9.31. The Balaban J connectivity index is 1.40. The van der Waals surface area contributed by atoms with E-state index in [9.17, 15) is 5.11 Å². The van der Waals surface area contributed by atoms with Gasteiger partial charge in [-0.1, -0.05) is 0 Å². The number of aliphatic hydroxyl groups excluding tert-OH is 1. The molecule has 0 amide bonds. The van der Waals surface area contributed by atoms with Crippen molar-refractivity contribution in [1.82, 2.24) is 14.8 Å². The number of nitrogens with one attached hydrogen (secondary N) is 1. The molecule has 0 bridgehead atoms. The van der Waals surface area contributed by atoms with Crippen molar-refractivity contribution in [3.05, 3.63) is 40.8 Å². The van der Waals surface area contributed by atoms with E-state index in [4.69, 9.17) is 4.74 Å². The highest BCUT2D eigenvalue weighted by molar-refractivity contribution is 9.11. The quantitative estimate of drug-likeness (QED) is 0.746. The number of rotatable bonds is 4. The van der Waals surface area contributed by atoms with Crippen LogP contribution in [-0.4, -0.2) is 78.1 Å². The van der Waals surface area contributed by atoms with Crippen LogP contribution in [0.4, 0.5) is 11.5 Å². The molecule has 0 spiro atoms. The Bertz CT molecular complexity index is 734. The van der Waals surface area contributed by atoms with Gasteiger partial charge in [-0.15, -0.1) is 0 Å². The fourth-order valence-electron chi connectivity index (χ4n) is 3.76. The van der Waals surface area contributed by atoms with Gasteiger partial charge in [0.1, 0.15) is 5.82 Å². The number of likely N-dealkylation sites (N-methyl/N-ethyl adjacent to an activating group) is 1. The van der Waals surface area contributed by atoms with Gasteiger partial charge in [-0.2, -0.15) is 0 Å². The lowest BCUT2D eigenvalue weighted by Gasteiger charge is -2.46. The molecule has 0 radical (unpaired) electrons. The van der Waals surface area contributed by atoms with E-state index in [2.05, 4.69) is 49.0 Å². The van der Waals surface area contributed by atoms with Crippen molar-refractivity contribution in [3.8, 4) is 0 Å². The molecule has 27 heavy (non-hydrogen) atoms. The molecule has 146 valence electrons. The van der Waals surface area contributed by atoms with Crippen molar-refractivity contribution in [1.29, 1.82) is 0 Å². The minimum absolute atomic E-state index is 0.442. The number of aromatic nitrogens is 1. The topological polar surface area (TPSA) is 64.1 Å². The van der Waals surface area contributed by atoms with Crippen LogP contribution in [0.5, 0.6) is 0 Å². The van der Waals surface area contributed by atoms with Gasteiger partial charge in [-0.05, 0) is 41.1 Å². The third-order valence-electron chi connectivity index (χ3n) is 5.43. The molecule has 2 saturated heterocycles. The molecule has 3 aliphatic rings. The average Bonchev–Trinajstić information content (AvgIpc) is 2.59. The number of hydrogen-bond acceptors (Lipinski definition) is 7. The van der Waals surface area contributed by atoms with Crippen LogP contribution < -0.4 is 10.2 Å². The third-order valence-corrected chi connectivity index (χ3v) is 5.87. The zero-order chi connectivity index (χ0) is 19.0. The van der Waals surface area contributed by atoms with Crippen LogP contribution in [0.15, 0.2) is 40.8 Å². The van der Waals surface area contributed by atoms with Crippen LogP contribution in [0, 0.1) is 0 Å². The summed E-state index contributed by atoms with van der Waals surface area (Å²) in [6.07, 6.45) is 4.90. The van der Waals surface area contributed by atoms with Crippen molar-refractivity contribution >= 4 is 27.4 Å². The summed E-state index contributed by atoms with van der Waals surface area (Å²) in [6, 6.07) is 5.10. The summed E-state index contributed by atoms with van der Waals surface area (Å²) < 4.78 is 6.23. The van der Waals surface area contributed by atoms with Crippen LogP contribution in [0.3, 0.4) is 0 Å². The van der Waals surface area contributed by atoms with Crippen LogP contribution in [0.1, 0.15) is 6.92 Å². The zero-order valence-electron chi connectivity index (χ0n) is 15.7. The molecule has 0 saturated carbocycles. The van der Waals surface area contributed by atoms with Gasteiger partial charge in [0, 0.05) is 43.4 Å². The molecule has 2 N–H and O–H groups in total. The second-order valence-corrected chi connectivity index (χ2v) is 8.32. The van der Waals surface area contributed by atoms with Crippen molar-refractivity contribution in [2.45, 2.75) is 25.2 Å². The summed E-state index contributed by atoms with van der Waals surface area (Å²) in [5.74, 6) is 0.720. The Labute approximate surface area is 168 Å². The predicted molar refractivity (Wildman–Crippen MR) is 110 cm³/mol. The molecule has 2 atom stereocenters. The van der Waals surface area contributed by atoms with Gasteiger partial charge in [0.05, 0.1) is 36.8 Å². The van der Waals surface area contributed by atoms with E-state index in [1.54, 1.807) is 4.90 Å². The highest BCUT2D eigenvalue weighted by Crippen LogP contribution is 2.25. The molecular weight excluding hydrogens is 410 g/mol. The van der Waals surface area contributed by atoms with Crippen LogP contribution in [0.2, 0.25) is 0 Å². The first-order valence-corrected chi connectivity index (χ1v) is 10.1. The standard InChI is InChI=1S/C19H26BrN5O2/c1-13-9-24(16-11-27-12-16)5-6-25(13)15-3-4-18(21-8-15)22-17-7-14(20)10-23(2)19(17)26/h3-4,7-8,10,13,16,19,26H,5-6,9,11-12H2,1-2H3,(H,21,22)/t13-,19?/m1/s1. The maximum Gasteiger partial charge on any atom is 0.167 e. The number of piperazine rings is 1. The molecule has 1 aromatic rings. The maximum atomic E-state index is 10.3. The number of hydrogen-bond donors (Lipinski definition) is 2. The Morgan fingerprint density at radius 1 is 1.30 bits per heavy atom. The lowest BCUT2D eigenvalue weighted by atomic mass is 10.1. The molecule has 0 aliphatic carbocycles. The van der Waals surface area contributed by atoms with E-state index in [1.165, 1.54) is 0 Å². The molecule has 3 aliphatic heterocycles. The summed E-state index contributed by atoms with van der Waals surface area (Å²) in [7, 11) is 1.83. The van der Waals surface area contributed by atoms with Gasteiger partial charge >= 0.3 is 0 Å². The monoisotopic (exact) mass is 435 g/mol. The van der Waals surface area contributed by atoms with E-state index < -0.39 is 6.23 Å². The Morgan fingerprint density at radius 3 is 2.74 bits per heavy atom. The second kappa shape index (κ2) is 7.79. The number of pyridine rings is 1. The smallest absolute Gasteiger partial charge is 0.167 e. The molecule has 8 heteroatoms. The molecule has 1 aromatic heterocycles. The molecule has 1 unspecified atom stereocenters. The van der Waals surface area contributed by atoms with Gasteiger partial charge in [-0.3, -0.25) is 4.90 Å². The van der Waals surface area contributed by atoms with Crippen LogP contribution in [-0.2, 0) is 4.74 Å². The fourth-order valence-corrected chi connectivity index (χ4v) is 4.33. The Morgan fingerprint density at radius 2 is 2.11 bits per heavy atom. The molecule has 2 fully saturated rings. The third kappa shape index (κ3) is 3.99. The fraction of sp³-hybridized carbons (Fsp3) is 0.526. The normalized spacial score (nSPS) is 27.1. The summed E-state index contributed by atoms with van der Waals surface area (Å²) in [4.78, 5) is 11.2. The van der Waals surface area contributed by atoms with Crippen molar-refractivity contribution < 1.29 is 9.84 Å². The minimum atomic E-state index is -0.712. The highest BCUT2D eigenvalue weighted by Gasteiger charge is 2.32. The number of allylic oxidation sites excluding steroid dienone is 2. The highest BCUT2D eigenvalue weighted by atomic mass is 79.9. The average molecular weight is 436 g/mol. The van der Waals surface area contributed by atoms with Crippen molar-refractivity contribution in [2.24, 2.45) is 0 Å². The molecule has 4 heterocycles. The van der Waals surface area contributed by atoms with E-state index >= 15 is 0 Å². The summed E-state index contributed by atoms with van der Waals surface area (Å²) >= 11 is 3.46. The van der Waals surface area contributed by atoms with Gasteiger partial charge in [0.2, 0.25) is 0 Å². The summed E-state index contributed by atoms with van der Waals surface area (Å²) in [6.45, 7) is 7.12. The number of ether oxygens (including phenoxy) is 1. The van der Waals surface area contributed by atoms with Gasteiger partial charge in [0.25, 0.3) is 0 Å². The largest absolute Gasteiger partial charge is 0.378 e. The van der Waals surface area contributed by atoms with E-state index in [0.29, 0.717) is 17.8 Å². The lowest BCUT2D eigenvalue weighted by molar-refractivity contribution is -0.0691. The molecule has 0 aromatic carbocycles. The van der Waals surface area contributed by atoms with E-state index in [1.807, 2.05) is 31.6 Å². The maximum absolute atomic E-state index is 10.3. The molecular formula is C19H26BrN5O2. The van der Waals surface area contributed by atoms with Crippen molar-refractivity contribution in [2.75, 3.05) is 50.1 Å². The van der Waals surface area contributed by atoms with E-state index in [-0.39, 0.29) is 0 Å². The summed E-state index contributed by atoms with van der Waals surface area (Å²) in [5, 5.41) is 13.5. The zero-order valence-corrected chi connectivity index (χ0v) is 17.3. The molecule has 4 rings (SSSR count). The minimum Gasteiger partial charge on any atom is -0.378 e. The van der Waals surface area contributed by atoms with Crippen LogP contribution >= 0.6 is 15.9 Å². The Kier molecular flexibility index (Phi) is 5.41. The lowest BCUT2D eigenvalue weighted by Crippen LogP contribution is -2.59. The number of aliphatic hydroxyl groups is 1. The van der Waals surface area contributed by atoms with Gasteiger partial charge < -0.3 is 25.0 Å². The summed E-state index contributed by atoms with van der Waals surface area (Å²) in [5.41, 5.74) is 1.82. The number of halogens is 1. The van der Waals surface area contributed by atoms with Crippen molar-refractivity contribution in [3.63, 3.8) is 0 Å². The van der Waals surface area contributed by atoms with Crippen LogP contribution in [0.25, 0.3) is 0 Å². The first-order chi connectivity index (χ1) is 13.0. The SMILES string of the molecule is C[C@@H]1CN(C2COC2)CCN1c1ccc(NC2=CC(Br)=CN(C)C2O)nc1.